The average Bonchev–Trinajstić information content (AvgIpc) is 2.95. The Bertz CT molecular complexity index is 519. The van der Waals surface area contributed by atoms with E-state index < -0.39 is 6.10 Å². The second-order valence-electron chi connectivity index (χ2n) is 4.48. The molecule has 0 amide bonds. The maximum atomic E-state index is 10.00. The molecule has 1 heterocycles. The molecule has 0 spiro atoms. The maximum Gasteiger partial charge on any atom is 0.136 e. The highest BCUT2D eigenvalue weighted by molar-refractivity contribution is 9.10. The van der Waals surface area contributed by atoms with Gasteiger partial charge in [-0.3, -0.25) is 0 Å². The standard InChI is InChI=1S/C12H13BrN2O/c13-8-3-4-9-10(6-8)15-12(14-9)11(16)5-7-1-2-7/h3-4,6-7,11,16H,1-2,5H2,(H,14,15). The van der Waals surface area contributed by atoms with E-state index in [9.17, 15) is 5.11 Å². The van der Waals surface area contributed by atoms with Gasteiger partial charge in [0.25, 0.3) is 0 Å². The Kier molecular flexibility index (Phi) is 2.48. The number of halogens is 1. The summed E-state index contributed by atoms with van der Waals surface area (Å²) in [6.45, 7) is 0. The predicted octanol–water partition coefficient (Wildman–Crippen LogP) is 3.16. The number of hydrogen-bond acceptors (Lipinski definition) is 2. The molecule has 0 bridgehead atoms. The second-order valence-corrected chi connectivity index (χ2v) is 5.39. The molecule has 1 aliphatic carbocycles. The van der Waals surface area contributed by atoms with Crippen LogP contribution >= 0.6 is 15.9 Å². The van der Waals surface area contributed by atoms with Crippen LogP contribution in [0.25, 0.3) is 11.0 Å². The molecule has 2 N–H and O–H groups in total. The minimum atomic E-state index is -0.446. The number of benzene rings is 1. The number of rotatable bonds is 3. The quantitative estimate of drug-likeness (QED) is 0.907. The summed E-state index contributed by atoms with van der Waals surface area (Å²) in [5.74, 6) is 1.40. The second kappa shape index (κ2) is 3.86. The number of H-pyrrole nitrogens is 1. The van der Waals surface area contributed by atoms with E-state index >= 15 is 0 Å². The van der Waals surface area contributed by atoms with Crippen LogP contribution in [0.2, 0.25) is 0 Å². The van der Waals surface area contributed by atoms with Crippen molar-refractivity contribution >= 4 is 27.0 Å². The molecule has 1 atom stereocenters. The van der Waals surface area contributed by atoms with Crippen molar-refractivity contribution in [3.8, 4) is 0 Å². The third-order valence-electron chi connectivity index (χ3n) is 3.03. The van der Waals surface area contributed by atoms with Crippen LogP contribution in [-0.2, 0) is 0 Å². The van der Waals surface area contributed by atoms with Crippen molar-refractivity contribution in [3.05, 3.63) is 28.5 Å². The lowest BCUT2D eigenvalue weighted by molar-refractivity contribution is 0.152. The van der Waals surface area contributed by atoms with E-state index in [1.54, 1.807) is 0 Å². The highest BCUT2D eigenvalue weighted by Gasteiger charge is 2.26. The van der Waals surface area contributed by atoms with Gasteiger partial charge in [-0.2, -0.15) is 0 Å². The number of nitrogens with zero attached hydrogens (tertiary/aromatic N) is 1. The van der Waals surface area contributed by atoms with Crippen molar-refractivity contribution in [3.63, 3.8) is 0 Å². The molecule has 1 saturated carbocycles. The first-order valence-corrected chi connectivity index (χ1v) is 6.35. The molecular formula is C12H13BrN2O. The molecule has 2 aromatic rings. The Morgan fingerprint density at radius 1 is 1.50 bits per heavy atom. The van der Waals surface area contributed by atoms with Gasteiger partial charge < -0.3 is 10.1 Å². The van der Waals surface area contributed by atoms with Crippen molar-refractivity contribution in [2.75, 3.05) is 0 Å². The van der Waals surface area contributed by atoms with Gasteiger partial charge in [-0.25, -0.2) is 4.98 Å². The molecule has 1 aliphatic rings. The molecule has 0 aliphatic heterocycles. The zero-order chi connectivity index (χ0) is 11.1. The number of aliphatic hydroxyl groups excluding tert-OH is 1. The van der Waals surface area contributed by atoms with Gasteiger partial charge in [0.2, 0.25) is 0 Å². The monoisotopic (exact) mass is 280 g/mol. The van der Waals surface area contributed by atoms with Crippen molar-refractivity contribution in [1.29, 1.82) is 0 Å². The lowest BCUT2D eigenvalue weighted by Gasteiger charge is -2.04. The lowest BCUT2D eigenvalue weighted by atomic mass is 10.2. The van der Waals surface area contributed by atoms with Crippen LogP contribution in [0.15, 0.2) is 22.7 Å². The number of aromatic amines is 1. The number of imidazole rings is 1. The zero-order valence-corrected chi connectivity index (χ0v) is 10.4. The minimum absolute atomic E-state index is 0.446. The normalized spacial score (nSPS) is 17.9. The SMILES string of the molecule is OC(CC1CC1)c1nc2ccc(Br)cc2[nH]1. The van der Waals surface area contributed by atoms with E-state index in [2.05, 4.69) is 25.9 Å². The van der Waals surface area contributed by atoms with E-state index in [4.69, 9.17) is 0 Å². The van der Waals surface area contributed by atoms with Crippen molar-refractivity contribution in [2.24, 2.45) is 5.92 Å². The Morgan fingerprint density at radius 3 is 3.06 bits per heavy atom. The van der Waals surface area contributed by atoms with Gasteiger partial charge in [-0.15, -0.1) is 0 Å². The summed E-state index contributed by atoms with van der Waals surface area (Å²) >= 11 is 3.42. The fourth-order valence-electron chi connectivity index (χ4n) is 1.94. The minimum Gasteiger partial charge on any atom is -0.385 e. The molecule has 0 radical (unpaired) electrons. The van der Waals surface area contributed by atoms with Crippen LogP contribution in [0.3, 0.4) is 0 Å². The van der Waals surface area contributed by atoms with Gasteiger partial charge in [0.15, 0.2) is 0 Å². The summed E-state index contributed by atoms with van der Waals surface area (Å²) in [5, 5.41) is 10.00. The molecule has 4 heteroatoms. The summed E-state index contributed by atoms with van der Waals surface area (Å²) in [5.41, 5.74) is 1.88. The summed E-state index contributed by atoms with van der Waals surface area (Å²) in [4.78, 5) is 7.59. The predicted molar refractivity (Wildman–Crippen MR) is 66.1 cm³/mol. The molecule has 3 nitrogen and oxygen atoms in total. The first kappa shape index (κ1) is 10.3. The Balaban J connectivity index is 1.91. The molecule has 1 aromatic carbocycles. The van der Waals surface area contributed by atoms with Crippen molar-refractivity contribution in [2.45, 2.75) is 25.4 Å². The Morgan fingerprint density at radius 2 is 2.31 bits per heavy atom. The summed E-state index contributed by atoms with van der Waals surface area (Å²) in [6, 6.07) is 5.89. The first-order chi connectivity index (χ1) is 7.72. The van der Waals surface area contributed by atoms with E-state index in [0.717, 1.165) is 21.9 Å². The first-order valence-electron chi connectivity index (χ1n) is 5.55. The van der Waals surface area contributed by atoms with Crippen LogP contribution in [0, 0.1) is 5.92 Å². The largest absolute Gasteiger partial charge is 0.385 e. The molecule has 1 aromatic heterocycles. The molecule has 3 rings (SSSR count). The topological polar surface area (TPSA) is 48.9 Å². The average molecular weight is 281 g/mol. The number of hydrogen-bond donors (Lipinski definition) is 2. The molecule has 1 fully saturated rings. The smallest absolute Gasteiger partial charge is 0.136 e. The van der Waals surface area contributed by atoms with Gasteiger partial charge in [0.1, 0.15) is 11.9 Å². The zero-order valence-electron chi connectivity index (χ0n) is 8.78. The van der Waals surface area contributed by atoms with Gasteiger partial charge in [-0.05, 0) is 30.5 Å². The summed E-state index contributed by atoms with van der Waals surface area (Å²) < 4.78 is 1.02. The number of nitrogens with one attached hydrogen (secondary N) is 1. The van der Waals surface area contributed by atoms with Crippen LogP contribution in [-0.4, -0.2) is 15.1 Å². The van der Waals surface area contributed by atoms with Crippen molar-refractivity contribution < 1.29 is 5.11 Å². The van der Waals surface area contributed by atoms with Gasteiger partial charge in [-0.1, -0.05) is 28.8 Å². The number of fused-ring (bicyclic) bond motifs is 1. The summed E-state index contributed by atoms with van der Waals surface area (Å²) in [6.07, 6.45) is 2.89. The molecule has 16 heavy (non-hydrogen) atoms. The Labute approximate surface area is 102 Å². The maximum absolute atomic E-state index is 10.00. The van der Waals surface area contributed by atoms with E-state index in [0.29, 0.717) is 11.7 Å². The highest BCUT2D eigenvalue weighted by atomic mass is 79.9. The van der Waals surface area contributed by atoms with Crippen LogP contribution in [0.4, 0.5) is 0 Å². The lowest BCUT2D eigenvalue weighted by Crippen LogP contribution is -2.00. The Hall–Kier alpha value is -0.870. The molecule has 84 valence electrons. The fraction of sp³-hybridized carbons (Fsp3) is 0.417. The fourth-order valence-corrected chi connectivity index (χ4v) is 2.30. The van der Waals surface area contributed by atoms with Crippen molar-refractivity contribution in [1.82, 2.24) is 9.97 Å². The number of aliphatic hydroxyl groups is 1. The third-order valence-corrected chi connectivity index (χ3v) is 3.52. The summed E-state index contributed by atoms with van der Waals surface area (Å²) in [7, 11) is 0. The highest BCUT2D eigenvalue weighted by Crippen LogP contribution is 2.37. The number of aromatic nitrogens is 2. The van der Waals surface area contributed by atoms with E-state index in [1.165, 1.54) is 12.8 Å². The van der Waals surface area contributed by atoms with Crippen LogP contribution in [0.1, 0.15) is 31.2 Å². The van der Waals surface area contributed by atoms with Gasteiger partial charge in [0, 0.05) is 4.47 Å². The van der Waals surface area contributed by atoms with E-state index in [1.807, 2.05) is 18.2 Å². The van der Waals surface area contributed by atoms with Crippen LogP contribution < -0.4 is 0 Å². The molecular weight excluding hydrogens is 268 g/mol. The van der Waals surface area contributed by atoms with E-state index in [-0.39, 0.29) is 0 Å². The van der Waals surface area contributed by atoms with Gasteiger partial charge in [0.05, 0.1) is 11.0 Å². The van der Waals surface area contributed by atoms with Crippen LogP contribution in [0.5, 0.6) is 0 Å². The van der Waals surface area contributed by atoms with Gasteiger partial charge >= 0.3 is 0 Å². The molecule has 1 unspecified atom stereocenters. The third kappa shape index (κ3) is 1.99. The molecule has 0 saturated heterocycles.